The van der Waals surface area contributed by atoms with Crippen molar-refractivity contribution < 1.29 is 26.4 Å². The van der Waals surface area contributed by atoms with Crippen LogP contribution in [0.4, 0.5) is 18.9 Å². The van der Waals surface area contributed by atoms with Crippen molar-refractivity contribution in [3.63, 3.8) is 0 Å². The van der Waals surface area contributed by atoms with E-state index in [2.05, 4.69) is 11.4 Å². The number of halogens is 3. The number of benzene rings is 4. The molecule has 1 heterocycles. The smallest absolute Gasteiger partial charge is 0.350 e. The molecule has 0 bridgehead atoms. The standard InChI is InChI=1S/C30H22F3N3O3S/c31-30(32,33)25-10-5-9-21(16-25)20-12-14-26(15-13-20)40(38,39)36-27-11-4-3-6-22(27)17-28(36)29(37)35-19-24-8-2-1-7-23(24)18-34/h1-16,28H,17,19H2,(H,35,37)/t28-/m0/s1. The van der Waals surface area contributed by atoms with E-state index in [4.69, 9.17) is 0 Å². The molecule has 4 aromatic carbocycles. The van der Waals surface area contributed by atoms with E-state index < -0.39 is 33.7 Å². The fourth-order valence-electron chi connectivity index (χ4n) is 4.75. The van der Waals surface area contributed by atoms with E-state index in [1.54, 1.807) is 48.5 Å². The van der Waals surface area contributed by atoms with Crippen LogP contribution in [0.2, 0.25) is 0 Å². The van der Waals surface area contributed by atoms with Gasteiger partial charge in [0.2, 0.25) is 5.91 Å². The van der Waals surface area contributed by atoms with Crippen molar-refractivity contribution in [2.45, 2.75) is 30.1 Å². The average Bonchev–Trinajstić information content (AvgIpc) is 3.36. The van der Waals surface area contributed by atoms with Crippen molar-refractivity contribution in [3.8, 4) is 17.2 Å². The quantitative estimate of drug-likeness (QED) is 0.328. The van der Waals surface area contributed by atoms with Crippen LogP contribution in [-0.4, -0.2) is 20.4 Å². The number of hydrogen-bond acceptors (Lipinski definition) is 4. The minimum atomic E-state index is -4.51. The Balaban J connectivity index is 1.44. The molecule has 0 radical (unpaired) electrons. The molecule has 0 aromatic heterocycles. The summed E-state index contributed by atoms with van der Waals surface area (Å²) in [5.74, 6) is -0.520. The maximum atomic E-state index is 13.9. The van der Waals surface area contributed by atoms with Gasteiger partial charge in [-0.3, -0.25) is 9.10 Å². The lowest BCUT2D eigenvalue weighted by Gasteiger charge is -2.26. The number of rotatable bonds is 6. The van der Waals surface area contributed by atoms with E-state index in [-0.39, 0.29) is 17.9 Å². The number of nitriles is 1. The van der Waals surface area contributed by atoms with Crippen LogP contribution < -0.4 is 9.62 Å². The number of amides is 1. The molecular formula is C30H22F3N3O3S. The summed E-state index contributed by atoms with van der Waals surface area (Å²) in [6.07, 6.45) is -4.35. The molecule has 10 heteroatoms. The fourth-order valence-corrected chi connectivity index (χ4v) is 6.39. The van der Waals surface area contributed by atoms with Gasteiger partial charge in [0.15, 0.2) is 0 Å². The maximum absolute atomic E-state index is 13.9. The molecule has 1 aliphatic heterocycles. The number of sulfonamides is 1. The molecule has 1 aliphatic rings. The first kappa shape index (κ1) is 27.0. The monoisotopic (exact) mass is 561 g/mol. The molecule has 202 valence electrons. The topological polar surface area (TPSA) is 90.3 Å². The van der Waals surface area contributed by atoms with Gasteiger partial charge in [-0.1, -0.05) is 60.7 Å². The second-order valence-electron chi connectivity index (χ2n) is 9.24. The molecule has 0 saturated heterocycles. The summed E-state index contributed by atoms with van der Waals surface area (Å²) in [6, 6.07) is 24.9. The van der Waals surface area contributed by atoms with E-state index in [9.17, 15) is 31.6 Å². The summed E-state index contributed by atoms with van der Waals surface area (Å²) in [5, 5.41) is 12.1. The van der Waals surface area contributed by atoms with Gasteiger partial charge in [-0.2, -0.15) is 18.4 Å². The molecule has 0 saturated carbocycles. The highest BCUT2D eigenvalue weighted by Gasteiger charge is 2.42. The Hall–Kier alpha value is -4.62. The number of anilines is 1. The van der Waals surface area contributed by atoms with Crippen LogP contribution in [0, 0.1) is 11.3 Å². The summed E-state index contributed by atoms with van der Waals surface area (Å²) >= 11 is 0. The normalized spacial score (nSPS) is 14.8. The van der Waals surface area contributed by atoms with Gasteiger partial charge in [-0.25, -0.2) is 8.42 Å². The molecule has 1 N–H and O–H groups in total. The fraction of sp³-hybridized carbons (Fsp3) is 0.133. The summed E-state index contributed by atoms with van der Waals surface area (Å²) < 4.78 is 68.3. The van der Waals surface area contributed by atoms with Gasteiger partial charge in [0.25, 0.3) is 10.0 Å². The van der Waals surface area contributed by atoms with E-state index >= 15 is 0 Å². The Bertz CT molecular complexity index is 1730. The van der Waals surface area contributed by atoms with Crippen LogP contribution in [0.3, 0.4) is 0 Å². The van der Waals surface area contributed by atoms with E-state index in [0.717, 1.165) is 16.4 Å². The lowest BCUT2D eigenvalue weighted by atomic mass is 10.0. The number of carbonyl (C=O) groups is 1. The lowest BCUT2D eigenvalue weighted by molar-refractivity contribution is -0.137. The Kier molecular flexibility index (Phi) is 7.08. The molecule has 4 aromatic rings. The minimum Gasteiger partial charge on any atom is -0.350 e. The van der Waals surface area contributed by atoms with Gasteiger partial charge in [0, 0.05) is 13.0 Å². The predicted molar refractivity (Wildman–Crippen MR) is 143 cm³/mol. The van der Waals surface area contributed by atoms with Gasteiger partial charge in [-0.15, -0.1) is 0 Å². The predicted octanol–water partition coefficient (Wildman–Crippen LogP) is 5.68. The van der Waals surface area contributed by atoms with E-state index in [1.807, 2.05) is 0 Å². The van der Waals surface area contributed by atoms with E-state index in [0.29, 0.717) is 33.5 Å². The Labute approximate surface area is 229 Å². The first-order valence-corrected chi connectivity index (χ1v) is 13.7. The number of alkyl halides is 3. The third kappa shape index (κ3) is 5.16. The van der Waals surface area contributed by atoms with Crippen LogP contribution in [0.25, 0.3) is 11.1 Å². The van der Waals surface area contributed by atoms with Crippen molar-refractivity contribution in [1.29, 1.82) is 5.26 Å². The van der Waals surface area contributed by atoms with Gasteiger partial charge in [-0.05, 0) is 58.7 Å². The van der Waals surface area contributed by atoms with Crippen molar-refractivity contribution >= 4 is 21.6 Å². The molecule has 0 aliphatic carbocycles. The highest BCUT2D eigenvalue weighted by molar-refractivity contribution is 7.93. The maximum Gasteiger partial charge on any atom is 0.416 e. The first-order valence-electron chi connectivity index (χ1n) is 12.3. The zero-order valence-electron chi connectivity index (χ0n) is 20.9. The number of fused-ring (bicyclic) bond motifs is 1. The number of nitrogens with zero attached hydrogens (tertiary/aromatic N) is 2. The lowest BCUT2D eigenvalue weighted by Crippen LogP contribution is -2.47. The molecule has 5 rings (SSSR count). The SMILES string of the molecule is N#Cc1ccccc1CNC(=O)[C@@H]1Cc2ccccc2N1S(=O)(=O)c1ccc(-c2cccc(C(F)(F)F)c2)cc1. The molecule has 0 spiro atoms. The molecule has 40 heavy (non-hydrogen) atoms. The van der Waals surface area contributed by atoms with Crippen LogP contribution in [0.15, 0.2) is 102 Å². The van der Waals surface area contributed by atoms with Crippen LogP contribution in [-0.2, 0) is 34.0 Å². The summed E-state index contributed by atoms with van der Waals surface area (Å²) in [4.78, 5) is 13.2. The van der Waals surface area contributed by atoms with Crippen molar-refractivity contribution in [2.24, 2.45) is 0 Å². The summed E-state index contributed by atoms with van der Waals surface area (Å²) in [6.45, 7) is 0.0506. The number of nitrogens with one attached hydrogen (secondary N) is 1. The third-order valence-electron chi connectivity index (χ3n) is 6.75. The van der Waals surface area contributed by atoms with E-state index in [1.165, 1.54) is 36.4 Å². The van der Waals surface area contributed by atoms with Crippen LogP contribution >= 0.6 is 0 Å². The Morgan fingerprint density at radius 3 is 2.35 bits per heavy atom. The van der Waals surface area contributed by atoms with Gasteiger partial charge < -0.3 is 5.32 Å². The molecule has 1 amide bonds. The molecule has 1 atom stereocenters. The zero-order chi connectivity index (χ0) is 28.5. The average molecular weight is 562 g/mol. The minimum absolute atomic E-state index is 0.0506. The van der Waals surface area contributed by atoms with Crippen LogP contribution in [0.5, 0.6) is 0 Å². The van der Waals surface area contributed by atoms with Gasteiger partial charge in [0.1, 0.15) is 6.04 Å². The third-order valence-corrected chi connectivity index (χ3v) is 8.59. The summed E-state index contributed by atoms with van der Waals surface area (Å²) in [7, 11) is -4.23. The van der Waals surface area contributed by atoms with Crippen molar-refractivity contribution in [1.82, 2.24) is 5.32 Å². The molecular weight excluding hydrogens is 539 g/mol. The molecule has 0 fully saturated rings. The number of hydrogen-bond donors (Lipinski definition) is 1. The van der Waals surface area contributed by atoms with Crippen molar-refractivity contribution in [2.75, 3.05) is 4.31 Å². The second kappa shape index (κ2) is 10.5. The van der Waals surface area contributed by atoms with Crippen LogP contribution in [0.1, 0.15) is 22.3 Å². The zero-order valence-corrected chi connectivity index (χ0v) is 21.7. The highest BCUT2D eigenvalue weighted by Crippen LogP contribution is 2.38. The van der Waals surface area contributed by atoms with Crippen molar-refractivity contribution in [3.05, 3.63) is 119 Å². The van der Waals surface area contributed by atoms with Gasteiger partial charge in [0.05, 0.1) is 27.8 Å². The first-order chi connectivity index (χ1) is 19.1. The number of para-hydroxylation sites is 1. The molecule has 0 unspecified atom stereocenters. The molecule has 6 nitrogen and oxygen atoms in total. The Morgan fingerprint density at radius 1 is 0.925 bits per heavy atom. The summed E-state index contributed by atoms with van der Waals surface area (Å²) in [5.41, 5.74) is 1.97. The Morgan fingerprint density at radius 2 is 1.62 bits per heavy atom. The highest BCUT2D eigenvalue weighted by atomic mass is 32.2. The largest absolute Gasteiger partial charge is 0.416 e. The number of carbonyl (C=O) groups excluding carboxylic acids is 1. The van der Waals surface area contributed by atoms with Gasteiger partial charge >= 0.3 is 6.18 Å². The second-order valence-corrected chi connectivity index (χ2v) is 11.1.